The number of ketones is 1. The van der Waals surface area contributed by atoms with Gasteiger partial charge in [-0.15, -0.1) is 11.6 Å². The van der Waals surface area contributed by atoms with Crippen LogP contribution in [0.15, 0.2) is 12.2 Å². The van der Waals surface area contributed by atoms with Gasteiger partial charge < -0.3 is 9.47 Å². The number of alkyl halides is 1. The maximum absolute atomic E-state index is 12.6. The first-order chi connectivity index (χ1) is 16.4. The summed E-state index contributed by atoms with van der Waals surface area (Å²) >= 11 is 7.35. The van der Waals surface area contributed by atoms with Gasteiger partial charge in [0.05, 0.1) is 12.0 Å². The van der Waals surface area contributed by atoms with Crippen molar-refractivity contribution in [3.63, 3.8) is 0 Å². The summed E-state index contributed by atoms with van der Waals surface area (Å²) < 4.78 is 11.1. The van der Waals surface area contributed by atoms with E-state index in [0.29, 0.717) is 37.2 Å². The second-order valence-electron chi connectivity index (χ2n) is 12.5. The Hall–Kier alpha value is -1.36. The number of allylic oxidation sites excluding steroid dienone is 1. The van der Waals surface area contributed by atoms with Gasteiger partial charge in [-0.3, -0.25) is 9.59 Å². The van der Waals surface area contributed by atoms with Crippen LogP contribution in [0.2, 0.25) is 0 Å². The third kappa shape index (κ3) is 4.18. The van der Waals surface area contributed by atoms with E-state index in [1.165, 1.54) is 6.92 Å². The van der Waals surface area contributed by atoms with Crippen LogP contribution >= 0.6 is 11.6 Å². The predicted octanol–water partition coefficient (Wildman–Crippen LogP) is 6.12. The van der Waals surface area contributed by atoms with E-state index in [2.05, 4.69) is 27.7 Å². The minimum absolute atomic E-state index is 0.0913. The average Bonchev–Trinajstić information content (AvgIpc) is 3.14. The molecule has 196 valence electrons. The van der Waals surface area contributed by atoms with Gasteiger partial charge >= 0.3 is 11.9 Å². The van der Waals surface area contributed by atoms with Crippen molar-refractivity contribution in [1.82, 2.24) is 0 Å². The Morgan fingerprint density at radius 2 is 1.83 bits per heavy atom. The van der Waals surface area contributed by atoms with Gasteiger partial charge in [0.15, 0.2) is 0 Å². The van der Waals surface area contributed by atoms with Crippen LogP contribution in [0.1, 0.15) is 86.5 Å². The fourth-order valence-electron chi connectivity index (χ4n) is 9.19. The third-order valence-corrected chi connectivity index (χ3v) is 11.6. The molecule has 4 aliphatic rings. The minimum Gasteiger partial charge on any atom is -0.463 e. The zero-order valence-corrected chi connectivity index (χ0v) is 23.0. The number of hydrogen-bond donors (Lipinski definition) is 0. The lowest BCUT2D eigenvalue weighted by atomic mass is 9.39. The quantitative estimate of drug-likeness (QED) is 0.255. The van der Waals surface area contributed by atoms with Gasteiger partial charge in [0, 0.05) is 31.3 Å². The summed E-state index contributed by atoms with van der Waals surface area (Å²) in [5.41, 5.74) is -0.420. The van der Waals surface area contributed by atoms with Crippen molar-refractivity contribution in [2.75, 3.05) is 6.61 Å². The molecule has 35 heavy (non-hydrogen) atoms. The summed E-state index contributed by atoms with van der Waals surface area (Å²) in [6, 6.07) is 0. The number of rotatable bonds is 5. The largest absolute Gasteiger partial charge is 0.463 e. The lowest BCUT2D eigenvalue weighted by molar-refractivity contribution is -0.215. The first-order valence-electron chi connectivity index (χ1n) is 13.6. The zero-order valence-electron chi connectivity index (χ0n) is 22.3. The van der Waals surface area contributed by atoms with Crippen LogP contribution in [0.25, 0.3) is 0 Å². The Bertz CT molecular complexity index is 900. The van der Waals surface area contributed by atoms with Crippen molar-refractivity contribution >= 4 is 29.3 Å². The summed E-state index contributed by atoms with van der Waals surface area (Å²) in [4.78, 5) is 36.8. The van der Waals surface area contributed by atoms with E-state index >= 15 is 0 Å². The Morgan fingerprint density at radius 1 is 1.11 bits per heavy atom. The van der Waals surface area contributed by atoms with Crippen LogP contribution in [0.5, 0.6) is 0 Å². The first-order valence-corrected chi connectivity index (χ1v) is 14.0. The maximum atomic E-state index is 12.6. The van der Waals surface area contributed by atoms with Crippen LogP contribution in [0.3, 0.4) is 0 Å². The Labute approximate surface area is 215 Å². The molecule has 0 aromatic heterocycles. The number of esters is 2. The monoisotopic (exact) mass is 506 g/mol. The molecule has 5 unspecified atom stereocenters. The number of ether oxygens (including phenoxy) is 2. The summed E-state index contributed by atoms with van der Waals surface area (Å²) in [7, 11) is 0. The second kappa shape index (κ2) is 9.50. The smallest absolute Gasteiger partial charge is 0.330 e. The van der Waals surface area contributed by atoms with Gasteiger partial charge in [0.25, 0.3) is 0 Å². The lowest BCUT2D eigenvalue weighted by Crippen LogP contribution is -2.68. The van der Waals surface area contributed by atoms with Crippen LogP contribution < -0.4 is 0 Å². The molecule has 10 atom stereocenters. The minimum atomic E-state index is -0.459. The number of carbonyl (C=O) groups is 3. The fraction of sp³-hybridized carbons (Fsp3) is 0.828. The Morgan fingerprint density at radius 3 is 2.49 bits per heavy atom. The number of carbonyl (C=O) groups excluding carboxylic acids is 3. The highest BCUT2D eigenvalue weighted by molar-refractivity contribution is 6.21. The SMILES string of the molecule is CCOC(=O)/C=C/[C@@H](C)C1CCC2C3C(CC[C@@]21C)[C@@]1(C)CCC(=O)CC1(C)[C@H](OC(C)=O)[C@H]3Cl. The molecule has 0 amide bonds. The van der Waals surface area contributed by atoms with Crippen molar-refractivity contribution in [3.8, 4) is 0 Å². The van der Waals surface area contributed by atoms with E-state index < -0.39 is 11.5 Å². The highest BCUT2D eigenvalue weighted by Gasteiger charge is 2.70. The van der Waals surface area contributed by atoms with Gasteiger partial charge in [0.1, 0.15) is 11.9 Å². The Balaban J connectivity index is 1.66. The van der Waals surface area contributed by atoms with E-state index in [4.69, 9.17) is 21.1 Å². The molecule has 0 aromatic carbocycles. The van der Waals surface area contributed by atoms with Crippen molar-refractivity contribution in [2.45, 2.75) is 98.0 Å². The molecule has 4 saturated carbocycles. The lowest BCUT2D eigenvalue weighted by Gasteiger charge is -2.67. The van der Waals surface area contributed by atoms with E-state index in [-0.39, 0.29) is 45.8 Å². The Kier molecular flexibility index (Phi) is 7.25. The highest BCUT2D eigenvalue weighted by atomic mass is 35.5. The van der Waals surface area contributed by atoms with Crippen LogP contribution in [0, 0.1) is 45.8 Å². The van der Waals surface area contributed by atoms with Crippen molar-refractivity contribution in [2.24, 2.45) is 45.8 Å². The molecule has 0 N–H and O–H groups in total. The summed E-state index contributed by atoms with van der Waals surface area (Å²) in [6.07, 6.45) is 9.45. The number of halogens is 1. The third-order valence-electron chi connectivity index (χ3n) is 11.1. The number of fused-ring (bicyclic) bond motifs is 5. The highest BCUT2D eigenvalue weighted by Crippen LogP contribution is 2.72. The zero-order chi connectivity index (χ0) is 25.8. The van der Waals surface area contributed by atoms with Crippen molar-refractivity contribution in [3.05, 3.63) is 12.2 Å². The van der Waals surface area contributed by atoms with Gasteiger partial charge in [-0.25, -0.2) is 4.79 Å². The summed E-state index contributed by atoms with van der Waals surface area (Å²) in [5, 5.41) is -0.304. The topological polar surface area (TPSA) is 69.7 Å². The molecule has 4 rings (SSSR count). The molecule has 0 spiro atoms. The molecule has 0 saturated heterocycles. The molecule has 0 heterocycles. The number of Topliss-reactive ketones (excluding diaryl/α,β-unsaturated/α-hetero) is 1. The van der Waals surface area contributed by atoms with E-state index in [0.717, 1.165) is 32.1 Å². The fourth-order valence-corrected chi connectivity index (χ4v) is 9.87. The molecule has 4 aliphatic carbocycles. The molecule has 4 fully saturated rings. The van der Waals surface area contributed by atoms with E-state index in [1.54, 1.807) is 6.08 Å². The van der Waals surface area contributed by atoms with E-state index in [1.807, 2.05) is 13.0 Å². The van der Waals surface area contributed by atoms with Gasteiger partial charge in [0.2, 0.25) is 0 Å². The standard InChI is InChI=1S/C29H43ClO5/c1-7-34-23(33)11-8-17(2)20-9-10-21-24-22(13-14-27(20,21)4)28(5)15-12-19(32)16-29(28,6)26(25(24)30)35-18(3)31/h8,11,17,20-22,24-26H,7,9-10,12-16H2,1-6H3/b11-8+/t17-,20?,21?,22?,24?,25+,26-,27-,28-,29?/m1/s1. The molecule has 0 bridgehead atoms. The molecule has 0 aromatic rings. The van der Waals surface area contributed by atoms with Crippen molar-refractivity contribution < 1.29 is 23.9 Å². The summed E-state index contributed by atoms with van der Waals surface area (Å²) in [5.74, 6) is 1.48. The predicted molar refractivity (Wildman–Crippen MR) is 136 cm³/mol. The maximum Gasteiger partial charge on any atom is 0.330 e. The molecular weight excluding hydrogens is 464 g/mol. The molecule has 6 heteroatoms. The first kappa shape index (κ1) is 26.7. The van der Waals surface area contributed by atoms with E-state index in [9.17, 15) is 14.4 Å². The van der Waals surface area contributed by atoms with Crippen LogP contribution in [0.4, 0.5) is 0 Å². The van der Waals surface area contributed by atoms with Gasteiger partial charge in [-0.05, 0) is 79.4 Å². The molecule has 5 nitrogen and oxygen atoms in total. The second-order valence-corrected chi connectivity index (χ2v) is 13.0. The van der Waals surface area contributed by atoms with Crippen molar-refractivity contribution in [1.29, 1.82) is 0 Å². The molecule has 0 aliphatic heterocycles. The number of hydrogen-bond acceptors (Lipinski definition) is 5. The van der Waals surface area contributed by atoms with Gasteiger partial charge in [-0.1, -0.05) is 33.8 Å². The van der Waals surface area contributed by atoms with Gasteiger partial charge in [-0.2, -0.15) is 0 Å². The van der Waals surface area contributed by atoms with Crippen LogP contribution in [-0.4, -0.2) is 35.8 Å². The molecule has 0 radical (unpaired) electrons. The summed E-state index contributed by atoms with van der Waals surface area (Å²) in [6.45, 7) is 12.8. The normalized spacial score (nSPS) is 45.9. The van der Waals surface area contributed by atoms with Crippen LogP contribution in [-0.2, 0) is 23.9 Å². The molecular formula is C29H43ClO5. The average molecular weight is 507 g/mol.